The lowest BCUT2D eigenvalue weighted by atomic mass is 9.97. The number of nitrogens with zero attached hydrogens (tertiary/aromatic N) is 1. The average molecular weight is 265 g/mol. The molecule has 0 aromatic heterocycles. The van der Waals surface area contributed by atoms with Crippen molar-refractivity contribution in [3.63, 3.8) is 0 Å². The Hall–Kier alpha value is -1.09. The second-order valence-corrected chi connectivity index (χ2v) is 5.52. The Kier molecular flexibility index (Phi) is 4.81. The Labute approximate surface area is 115 Å². The Morgan fingerprint density at radius 3 is 2.84 bits per heavy atom. The molecule has 2 rings (SSSR count). The maximum absolute atomic E-state index is 14.3. The molecule has 1 aromatic carbocycles. The van der Waals surface area contributed by atoms with Crippen LogP contribution >= 0.6 is 0 Å². The third-order valence-corrected chi connectivity index (χ3v) is 4.01. The summed E-state index contributed by atoms with van der Waals surface area (Å²) in [5, 5.41) is 9.51. The van der Waals surface area contributed by atoms with Gasteiger partial charge in [-0.25, -0.2) is 4.39 Å². The first kappa shape index (κ1) is 14.3. The third-order valence-electron chi connectivity index (χ3n) is 4.01. The molecule has 1 aromatic rings. The zero-order valence-electron chi connectivity index (χ0n) is 11.9. The molecule has 19 heavy (non-hydrogen) atoms. The fourth-order valence-corrected chi connectivity index (χ4v) is 2.97. The summed E-state index contributed by atoms with van der Waals surface area (Å²) >= 11 is 0. The van der Waals surface area contributed by atoms with E-state index in [1.807, 2.05) is 12.1 Å². The molecule has 2 atom stereocenters. The van der Waals surface area contributed by atoms with E-state index in [0.29, 0.717) is 17.3 Å². The van der Waals surface area contributed by atoms with Crippen molar-refractivity contribution in [3.05, 3.63) is 29.6 Å². The van der Waals surface area contributed by atoms with Crippen LogP contribution in [0.4, 0.5) is 10.1 Å². The van der Waals surface area contributed by atoms with Crippen LogP contribution in [0.2, 0.25) is 0 Å². The quantitative estimate of drug-likeness (QED) is 0.888. The molecule has 0 aliphatic carbocycles. The second kappa shape index (κ2) is 6.38. The highest BCUT2D eigenvalue weighted by Crippen LogP contribution is 2.30. The molecule has 1 aliphatic rings. The molecule has 106 valence electrons. The van der Waals surface area contributed by atoms with Gasteiger partial charge in [-0.15, -0.1) is 0 Å². The van der Waals surface area contributed by atoms with Gasteiger partial charge in [0.2, 0.25) is 0 Å². The highest BCUT2D eigenvalue weighted by Gasteiger charge is 2.24. The van der Waals surface area contributed by atoms with Crippen LogP contribution < -0.4 is 4.90 Å². The molecule has 0 saturated carbocycles. The number of hydrogen-bond acceptors (Lipinski definition) is 2. The average Bonchev–Trinajstić information content (AvgIpc) is 2.40. The summed E-state index contributed by atoms with van der Waals surface area (Å²) in [5.74, 6) is -0.207. The second-order valence-electron chi connectivity index (χ2n) is 5.52. The molecule has 1 fully saturated rings. The molecule has 1 unspecified atom stereocenters. The summed E-state index contributed by atoms with van der Waals surface area (Å²) < 4.78 is 14.3. The van der Waals surface area contributed by atoms with Crippen molar-refractivity contribution in [2.75, 3.05) is 11.4 Å². The summed E-state index contributed by atoms with van der Waals surface area (Å²) in [6.45, 7) is 4.78. The standard InChI is InChI=1S/C16H24FNO/c1-3-6-14-7-4-5-10-18(14)16-9-8-13(12(2)19)11-15(16)17/h8-9,11-12,14,19H,3-7,10H2,1-2H3/t12-,14?/m1/s1. The Morgan fingerprint density at radius 2 is 2.21 bits per heavy atom. The van der Waals surface area contributed by atoms with Crippen LogP contribution in [-0.4, -0.2) is 17.7 Å². The highest BCUT2D eigenvalue weighted by molar-refractivity contribution is 5.50. The molecule has 0 radical (unpaired) electrons. The van der Waals surface area contributed by atoms with Crippen LogP contribution in [0.15, 0.2) is 18.2 Å². The number of piperidine rings is 1. The number of anilines is 1. The SMILES string of the molecule is CCCC1CCCCN1c1ccc([C@@H](C)O)cc1F. The van der Waals surface area contributed by atoms with Crippen molar-refractivity contribution in [1.29, 1.82) is 0 Å². The summed E-state index contributed by atoms with van der Waals surface area (Å²) in [6.07, 6.45) is 5.18. The van der Waals surface area contributed by atoms with Gasteiger partial charge in [-0.1, -0.05) is 19.4 Å². The van der Waals surface area contributed by atoms with Gasteiger partial charge in [0.1, 0.15) is 5.82 Å². The van der Waals surface area contributed by atoms with E-state index in [9.17, 15) is 9.50 Å². The number of halogens is 1. The van der Waals surface area contributed by atoms with Crippen LogP contribution in [0.3, 0.4) is 0 Å². The van der Waals surface area contributed by atoms with Crippen molar-refractivity contribution >= 4 is 5.69 Å². The van der Waals surface area contributed by atoms with Gasteiger partial charge < -0.3 is 10.0 Å². The van der Waals surface area contributed by atoms with Crippen molar-refractivity contribution in [1.82, 2.24) is 0 Å². The van der Waals surface area contributed by atoms with Crippen LogP contribution in [-0.2, 0) is 0 Å². The fourth-order valence-electron chi connectivity index (χ4n) is 2.97. The fraction of sp³-hybridized carbons (Fsp3) is 0.625. The number of aliphatic hydroxyl groups is 1. The Morgan fingerprint density at radius 1 is 1.42 bits per heavy atom. The molecule has 0 amide bonds. The topological polar surface area (TPSA) is 23.5 Å². The van der Waals surface area contributed by atoms with E-state index in [2.05, 4.69) is 11.8 Å². The lowest BCUT2D eigenvalue weighted by molar-refractivity contribution is 0.199. The molecule has 0 spiro atoms. The van der Waals surface area contributed by atoms with Gasteiger partial charge in [0.25, 0.3) is 0 Å². The minimum absolute atomic E-state index is 0.207. The monoisotopic (exact) mass is 265 g/mol. The van der Waals surface area contributed by atoms with Crippen molar-refractivity contribution in [2.45, 2.75) is 58.1 Å². The van der Waals surface area contributed by atoms with Crippen LogP contribution in [0.5, 0.6) is 0 Å². The number of aliphatic hydroxyl groups excluding tert-OH is 1. The van der Waals surface area contributed by atoms with E-state index >= 15 is 0 Å². The van der Waals surface area contributed by atoms with E-state index in [-0.39, 0.29) is 5.82 Å². The van der Waals surface area contributed by atoms with Crippen molar-refractivity contribution in [3.8, 4) is 0 Å². The molecule has 1 heterocycles. The predicted molar refractivity (Wildman–Crippen MR) is 76.9 cm³/mol. The summed E-state index contributed by atoms with van der Waals surface area (Å²) in [6, 6.07) is 5.59. The molecule has 2 nitrogen and oxygen atoms in total. The molecular weight excluding hydrogens is 241 g/mol. The molecule has 3 heteroatoms. The van der Waals surface area contributed by atoms with Gasteiger partial charge in [0, 0.05) is 12.6 Å². The number of hydrogen-bond donors (Lipinski definition) is 1. The minimum Gasteiger partial charge on any atom is -0.389 e. The molecule has 1 aliphatic heterocycles. The van der Waals surface area contributed by atoms with E-state index < -0.39 is 6.10 Å². The first-order chi connectivity index (χ1) is 9.13. The maximum atomic E-state index is 14.3. The third kappa shape index (κ3) is 3.27. The minimum atomic E-state index is -0.614. The molecule has 0 bridgehead atoms. The highest BCUT2D eigenvalue weighted by atomic mass is 19.1. The molecule has 1 N–H and O–H groups in total. The zero-order chi connectivity index (χ0) is 13.8. The zero-order valence-corrected chi connectivity index (χ0v) is 11.9. The van der Waals surface area contributed by atoms with Gasteiger partial charge in [-0.3, -0.25) is 0 Å². The molecule has 1 saturated heterocycles. The Bertz CT molecular complexity index is 417. The van der Waals surface area contributed by atoms with Crippen molar-refractivity contribution < 1.29 is 9.50 Å². The first-order valence-electron chi connectivity index (χ1n) is 7.37. The number of benzene rings is 1. The lowest BCUT2D eigenvalue weighted by Crippen LogP contribution is -2.40. The van der Waals surface area contributed by atoms with Gasteiger partial charge >= 0.3 is 0 Å². The maximum Gasteiger partial charge on any atom is 0.146 e. The predicted octanol–water partition coefficient (Wildman–Crippen LogP) is 4.04. The van der Waals surface area contributed by atoms with E-state index in [4.69, 9.17) is 0 Å². The largest absolute Gasteiger partial charge is 0.389 e. The van der Waals surface area contributed by atoms with Gasteiger partial charge in [-0.05, 0) is 50.3 Å². The van der Waals surface area contributed by atoms with Crippen LogP contribution in [0.25, 0.3) is 0 Å². The summed E-state index contributed by atoms with van der Waals surface area (Å²) in [7, 11) is 0. The summed E-state index contributed by atoms with van der Waals surface area (Å²) in [5.41, 5.74) is 1.34. The first-order valence-corrected chi connectivity index (χ1v) is 7.37. The van der Waals surface area contributed by atoms with Gasteiger partial charge in [0.05, 0.1) is 11.8 Å². The Balaban J connectivity index is 2.23. The van der Waals surface area contributed by atoms with E-state index in [1.54, 1.807) is 6.92 Å². The van der Waals surface area contributed by atoms with Crippen molar-refractivity contribution in [2.24, 2.45) is 0 Å². The normalized spacial score (nSPS) is 21.5. The lowest BCUT2D eigenvalue weighted by Gasteiger charge is -2.38. The smallest absolute Gasteiger partial charge is 0.146 e. The summed E-state index contributed by atoms with van der Waals surface area (Å²) in [4.78, 5) is 2.22. The molecular formula is C16H24FNO. The van der Waals surface area contributed by atoms with E-state index in [1.165, 1.54) is 12.5 Å². The van der Waals surface area contributed by atoms with Crippen LogP contribution in [0, 0.1) is 5.82 Å². The number of rotatable bonds is 4. The van der Waals surface area contributed by atoms with Crippen LogP contribution in [0.1, 0.15) is 57.6 Å². The van der Waals surface area contributed by atoms with E-state index in [0.717, 1.165) is 32.2 Å². The van der Waals surface area contributed by atoms with Gasteiger partial charge in [0.15, 0.2) is 0 Å². The van der Waals surface area contributed by atoms with Gasteiger partial charge in [-0.2, -0.15) is 0 Å².